The number of benzene rings is 2. The summed E-state index contributed by atoms with van der Waals surface area (Å²) in [4.78, 5) is 4.24. The molecule has 0 aliphatic rings. The summed E-state index contributed by atoms with van der Waals surface area (Å²) in [6.45, 7) is 0. The minimum absolute atomic E-state index is 0.178. The number of aromatic nitrogens is 1. The molecule has 1 radical (unpaired) electrons. The van der Waals surface area contributed by atoms with Gasteiger partial charge in [0.2, 0.25) is 0 Å². The second-order valence-corrected chi connectivity index (χ2v) is 4.97. The number of pyridine rings is 1. The third-order valence-electron chi connectivity index (χ3n) is 3.46. The molecule has 0 aliphatic carbocycles. The lowest BCUT2D eigenvalue weighted by atomic mass is 9.92. The van der Waals surface area contributed by atoms with Crippen LogP contribution < -0.4 is 5.32 Å². The highest BCUT2D eigenvalue weighted by Crippen LogP contribution is 2.25. The molecular weight excluding hydrogens is 268 g/mol. The van der Waals surface area contributed by atoms with Gasteiger partial charge in [-0.25, -0.2) is 0 Å². The average Bonchev–Trinajstić information content (AvgIpc) is 2.61. The first kappa shape index (κ1) is 14.1. The molecule has 1 N–H and O–H groups in total. The Morgan fingerprint density at radius 1 is 0.909 bits per heavy atom. The molecule has 1 unspecified atom stereocenters. The van der Waals surface area contributed by atoms with E-state index in [1.807, 2.05) is 48.8 Å². The molecule has 0 aliphatic heterocycles. The summed E-state index contributed by atoms with van der Waals surface area (Å²) in [6, 6.07) is 25.3. The third kappa shape index (κ3) is 3.61. The van der Waals surface area contributed by atoms with Crippen molar-refractivity contribution in [2.75, 3.05) is 5.32 Å². The monoisotopic (exact) mass is 285 g/mol. The van der Waals surface area contributed by atoms with Crippen molar-refractivity contribution in [1.82, 2.24) is 4.98 Å². The van der Waals surface area contributed by atoms with Crippen molar-refractivity contribution in [1.29, 1.82) is 0 Å². The number of allylic oxidation sites excluding steroid dienone is 1. The van der Waals surface area contributed by atoms with E-state index in [0.717, 1.165) is 5.69 Å². The summed E-state index contributed by atoms with van der Waals surface area (Å²) in [5, 5.41) is 3.29. The maximum absolute atomic E-state index is 4.24. The largest absolute Gasteiger partial charge is 0.362 e. The van der Waals surface area contributed by atoms with E-state index < -0.39 is 0 Å². The second kappa shape index (κ2) is 7.23. The Bertz CT molecular complexity index is 667. The van der Waals surface area contributed by atoms with E-state index in [-0.39, 0.29) is 5.92 Å². The Hall–Kier alpha value is -2.87. The fourth-order valence-corrected chi connectivity index (χ4v) is 2.36. The summed E-state index contributed by atoms with van der Waals surface area (Å²) in [6.07, 6.45) is 7.86. The minimum atomic E-state index is 0.178. The summed E-state index contributed by atoms with van der Waals surface area (Å²) >= 11 is 0. The standard InChI is InChI=1S/C20H17N2/c1-3-8-17(9-4-1)20(18-10-7-14-21-16-18)13-15-22-19-11-5-2-6-12-19/h1,3-16,20,22H/b15-13+. The maximum atomic E-state index is 4.24. The van der Waals surface area contributed by atoms with Gasteiger partial charge < -0.3 is 5.32 Å². The number of nitrogens with one attached hydrogen (secondary N) is 1. The Labute approximate surface area is 131 Å². The van der Waals surface area contributed by atoms with Crippen LogP contribution in [0.4, 0.5) is 5.69 Å². The van der Waals surface area contributed by atoms with Crippen molar-refractivity contribution in [2.24, 2.45) is 0 Å². The van der Waals surface area contributed by atoms with Crippen LogP contribution in [0.2, 0.25) is 0 Å². The van der Waals surface area contributed by atoms with Crippen LogP contribution >= 0.6 is 0 Å². The van der Waals surface area contributed by atoms with Gasteiger partial charge in [0.05, 0.1) is 0 Å². The van der Waals surface area contributed by atoms with Gasteiger partial charge >= 0.3 is 0 Å². The van der Waals surface area contributed by atoms with Crippen molar-refractivity contribution in [3.8, 4) is 0 Å². The zero-order chi connectivity index (χ0) is 15.0. The molecule has 0 bridgehead atoms. The van der Waals surface area contributed by atoms with Gasteiger partial charge in [-0.05, 0) is 41.6 Å². The average molecular weight is 285 g/mol. The van der Waals surface area contributed by atoms with Crippen LogP contribution in [0, 0.1) is 6.07 Å². The van der Waals surface area contributed by atoms with Gasteiger partial charge in [-0.1, -0.05) is 54.6 Å². The Kier molecular flexibility index (Phi) is 4.63. The Balaban J connectivity index is 1.83. The predicted molar refractivity (Wildman–Crippen MR) is 90.6 cm³/mol. The van der Waals surface area contributed by atoms with Crippen molar-refractivity contribution in [3.05, 3.63) is 109 Å². The molecule has 3 rings (SSSR count). The van der Waals surface area contributed by atoms with Gasteiger partial charge in [-0.3, -0.25) is 4.98 Å². The molecule has 0 spiro atoms. The van der Waals surface area contributed by atoms with E-state index in [4.69, 9.17) is 0 Å². The summed E-state index contributed by atoms with van der Waals surface area (Å²) < 4.78 is 0. The van der Waals surface area contributed by atoms with Crippen LogP contribution in [0.3, 0.4) is 0 Å². The highest BCUT2D eigenvalue weighted by atomic mass is 14.8. The molecule has 0 saturated carbocycles. The highest BCUT2D eigenvalue weighted by Gasteiger charge is 2.10. The molecule has 1 aromatic heterocycles. The smallest absolute Gasteiger partial charge is 0.0380 e. The van der Waals surface area contributed by atoms with E-state index in [0.29, 0.717) is 0 Å². The number of rotatable bonds is 5. The summed E-state index contributed by atoms with van der Waals surface area (Å²) in [7, 11) is 0. The summed E-state index contributed by atoms with van der Waals surface area (Å²) in [5.74, 6) is 0.178. The normalized spacial score (nSPS) is 12.2. The van der Waals surface area contributed by atoms with Crippen LogP contribution in [0.15, 0.2) is 91.4 Å². The molecule has 1 heterocycles. The minimum Gasteiger partial charge on any atom is -0.362 e. The number of hydrogen-bond acceptors (Lipinski definition) is 2. The molecule has 22 heavy (non-hydrogen) atoms. The lowest BCUT2D eigenvalue weighted by Crippen LogP contribution is -1.99. The molecule has 3 aromatic rings. The zero-order valence-electron chi connectivity index (χ0n) is 12.2. The molecule has 0 amide bonds. The lowest BCUT2D eigenvalue weighted by molar-refractivity contribution is 1.00. The zero-order valence-corrected chi connectivity index (χ0v) is 12.2. The topological polar surface area (TPSA) is 24.9 Å². The number of hydrogen-bond donors (Lipinski definition) is 1. The van der Waals surface area contributed by atoms with E-state index >= 15 is 0 Å². The van der Waals surface area contributed by atoms with Gasteiger partial charge in [0, 0.05) is 24.0 Å². The third-order valence-corrected chi connectivity index (χ3v) is 3.46. The van der Waals surface area contributed by atoms with E-state index in [2.05, 4.69) is 52.8 Å². The predicted octanol–water partition coefficient (Wildman–Crippen LogP) is 4.64. The lowest BCUT2D eigenvalue weighted by Gasteiger charge is -2.13. The van der Waals surface area contributed by atoms with E-state index in [1.165, 1.54) is 11.1 Å². The molecule has 1 atom stereocenters. The van der Waals surface area contributed by atoms with Gasteiger partial charge in [0.1, 0.15) is 0 Å². The number of nitrogens with zero attached hydrogens (tertiary/aromatic N) is 1. The van der Waals surface area contributed by atoms with Crippen molar-refractivity contribution < 1.29 is 0 Å². The van der Waals surface area contributed by atoms with Crippen molar-refractivity contribution in [2.45, 2.75) is 5.92 Å². The van der Waals surface area contributed by atoms with Crippen molar-refractivity contribution >= 4 is 5.69 Å². The Morgan fingerprint density at radius 3 is 2.41 bits per heavy atom. The van der Waals surface area contributed by atoms with Crippen LogP contribution in [-0.4, -0.2) is 4.98 Å². The second-order valence-electron chi connectivity index (χ2n) is 4.97. The quantitative estimate of drug-likeness (QED) is 0.738. The van der Waals surface area contributed by atoms with Gasteiger partial charge in [0.25, 0.3) is 0 Å². The van der Waals surface area contributed by atoms with Crippen LogP contribution in [0.1, 0.15) is 17.0 Å². The molecule has 2 aromatic carbocycles. The van der Waals surface area contributed by atoms with Crippen LogP contribution in [-0.2, 0) is 0 Å². The van der Waals surface area contributed by atoms with Crippen LogP contribution in [0.25, 0.3) is 0 Å². The van der Waals surface area contributed by atoms with Gasteiger partial charge in [0.15, 0.2) is 0 Å². The molecular formula is C20H17N2. The first-order valence-electron chi connectivity index (χ1n) is 7.28. The maximum Gasteiger partial charge on any atom is 0.0380 e. The fourth-order valence-electron chi connectivity index (χ4n) is 2.36. The molecule has 107 valence electrons. The Morgan fingerprint density at radius 2 is 1.68 bits per heavy atom. The van der Waals surface area contributed by atoms with E-state index in [1.54, 1.807) is 6.20 Å². The number of anilines is 1. The van der Waals surface area contributed by atoms with Crippen LogP contribution in [0.5, 0.6) is 0 Å². The first-order chi connectivity index (χ1) is 10.9. The summed E-state index contributed by atoms with van der Waals surface area (Å²) in [5.41, 5.74) is 3.47. The van der Waals surface area contributed by atoms with E-state index in [9.17, 15) is 0 Å². The molecule has 2 heteroatoms. The van der Waals surface area contributed by atoms with Crippen molar-refractivity contribution in [3.63, 3.8) is 0 Å². The SMILES string of the molecule is [c]1ccc(N/C=C/C(c2ccccc2)c2cccnc2)cc1. The molecule has 2 nitrogen and oxygen atoms in total. The first-order valence-corrected chi connectivity index (χ1v) is 7.28. The highest BCUT2D eigenvalue weighted by molar-refractivity contribution is 5.45. The molecule has 0 fully saturated rings. The van der Waals surface area contributed by atoms with Gasteiger partial charge in [-0.15, -0.1) is 0 Å². The van der Waals surface area contributed by atoms with Gasteiger partial charge in [-0.2, -0.15) is 0 Å². The fraction of sp³-hybridized carbons (Fsp3) is 0.0500. The molecule has 0 saturated heterocycles.